The van der Waals surface area contributed by atoms with E-state index in [-0.39, 0.29) is 25.7 Å². The molecule has 0 fully saturated rings. The highest BCUT2D eigenvalue weighted by molar-refractivity contribution is 7.47. The molecule has 552 valence electrons. The molecule has 0 aliphatic heterocycles. The van der Waals surface area contributed by atoms with E-state index < -0.39 is 97.5 Å². The van der Waals surface area contributed by atoms with Crippen LogP contribution in [0.25, 0.3) is 0 Å². The van der Waals surface area contributed by atoms with E-state index in [9.17, 15) is 43.2 Å². The van der Waals surface area contributed by atoms with Crippen molar-refractivity contribution in [2.24, 2.45) is 23.7 Å². The average Bonchev–Trinajstić information content (AvgIpc) is 1.69. The monoisotopic (exact) mass is 1370 g/mol. The summed E-state index contributed by atoms with van der Waals surface area (Å²) in [5.74, 6) is 0.951. The Morgan fingerprint density at radius 3 is 0.763 bits per heavy atom. The van der Waals surface area contributed by atoms with Gasteiger partial charge in [0.2, 0.25) is 0 Å². The number of esters is 4. The summed E-state index contributed by atoms with van der Waals surface area (Å²) in [5, 5.41) is 10.6. The predicted molar refractivity (Wildman–Crippen MR) is 377 cm³/mol. The summed E-state index contributed by atoms with van der Waals surface area (Å²) in [6.07, 6.45) is 47.1. The van der Waals surface area contributed by atoms with E-state index in [2.05, 4.69) is 55.4 Å². The van der Waals surface area contributed by atoms with Crippen molar-refractivity contribution in [3.8, 4) is 0 Å². The van der Waals surface area contributed by atoms with Crippen LogP contribution in [0.15, 0.2) is 0 Å². The number of aliphatic hydroxyl groups excluding tert-OH is 1. The minimum absolute atomic E-state index is 0.104. The summed E-state index contributed by atoms with van der Waals surface area (Å²) < 4.78 is 68.4. The fourth-order valence-electron chi connectivity index (χ4n) is 11.1. The number of aliphatic hydroxyl groups is 1. The topological polar surface area (TPSA) is 237 Å². The maximum absolute atomic E-state index is 13.1. The van der Waals surface area contributed by atoms with E-state index in [0.717, 1.165) is 114 Å². The van der Waals surface area contributed by atoms with Crippen molar-refractivity contribution >= 4 is 39.5 Å². The van der Waals surface area contributed by atoms with Crippen molar-refractivity contribution in [3.63, 3.8) is 0 Å². The number of unbranched alkanes of at least 4 members (excludes halogenated alkanes) is 35. The first-order chi connectivity index (χ1) is 44.7. The Bertz CT molecular complexity index is 1840. The Morgan fingerprint density at radius 2 is 0.516 bits per heavy atom. The Kier molecular flexibility index (Phi) is 62.2. The zero-order valence-corrected chi connectivity index (χ0v) is 62.7. The third-order valence-corrected chi connectivity index (χ3v) is 19.7. The van der Waals surface area contributed by atoms with Gasteiger partial charge in [0.05, 0.1) is 26.4 Å². The molecule has 7 atom stereocenters. The highest BCUT2D eigenvalue weighted by Gasteiger charge is 2.30. The second-order valence-electron chi connectivity index (χ2n) is 28.1. The Morgan fingerprint density at radius 1 is 0.301 bits per heavy atom. The highest BCUT2D eigenvalue weighted by atomic mass is 31.2. The first kappa shape index (κ1) is 91.1. The molecule has 0 rings (SSSR count). The van der Waals surface area contributed by atoms with Gasteiger partial charge in [-0.05, 0) is 49.4 Å². The third-order valence-electron chi connectivity index (χ3n) is 17.8. The molecular formula is C74H144O17P2. The molecule has 17 nitrogen and oxygen atoms in total. The van der Waals surface area contributed by atoms with Gasteiger partial charge in [-0.1, -0.05) is 319 Å². The molecule has 0 aromatic rings. The van der Waals surface area contributed by atoms with Crippen LogP contribution in [-0.2, 0) is 65.4 Å². The molecule has 0 aromatic carbocycles. The number of carbonyl (C=O) groups is 4. The standard InChI is InChI=1S/C74H144O17P2/c1-9-66(7)52-44-36-28-21-24-31-39-47-55-72(77)85-60-69(90-73(78)56-48-40-32-19-17-15-13-11-12-14-16-18-26-34-42-50-64(3)4)62-88-92(80,81)86-58-68(75)59-87-93(82,83)89-63-70(61-84-71(76)54-46-38-30-23-20-27-35-43-51-65(5)6)91-74(79)57-49-41-33-25-22-29-37-45-53-67(8)10-2/h64-70,75H,9-63H2,1-8H3,(H,80,81)(H,82,83)/t66?,67?,68?,69-,70-/m1/s1. The molecule has 0 aliphatic rings. The molecule has 0 saturated heterocycles. The van der Waals surface area contributed by atoms with E-state index in [1.165, 1.54) is 173 Å². The Labute approximate surface area is 568 Å². The molecule has 0 radical (unpaired) electrons. The summed E-state index contributed by atoms with van der Waals surface area (Å²) in [6, 6.07) is 0. The van der Waals surface area contributed by atoms with Crippen molar-refractivity contribution in [2.45, 2.75) is 388 Å². The number of carbonyl (C=O) groups excluding carboxylic acids is 4. The number of phosphoric acid groups is 2. The fraction of sp³-hybridized carbons (Fsp3) is 0.946. The van der Waals surface area contributed by atoms with Crippen molar-refractivity contribution in [3.05, 3.63) is 0 Å². The summed E-state index contributed by atoms with van der Waals surface area (Å²) >= 11 is 0. The van der Waals surface area contributed by atoms with E-state index in [1.807, 2.05) is 0 Å². The quantitative estimate of drug-likeness (QED) is 0.0222. The van der Waals surface area contributed by atoms with Gasteiger partial charge in [-0.25, -0.2) is 9.13 Å². The summed E-state index contributed by atoms with van der Waals surface area (Å²) in [7, 11) is -9.91. The van der Waals surface area contributed by atoms with Crippen LogP contribution in [0.5, 0.6) is 0 Å². The number of rotatable bonds is 71. The first-order valence-corrected chi connectivity index (χ1v) is 41.3. The molecule has 0 saturated carbocycles. The number of hydrogen-bond acceptors (Lipinski definition) is 15. The van der Waals surface area contributed by atoms with Gasteiger partial charge < -0.3 is 33.8 Å². The Hall–Kier alpha value is -1.94. The van der Waals surface area contributed by atoms with Gasteiger partial charge >= 0.3 is 39.5 Å². The minimum atomic E-state index is -4.96. The van der Waals surface area contributed by atoms with Crippen LogP contribution in [0.3, 0.4) is 0 Å². The number of hydrogen-bond donors (Lipinski definition) is 3. The summed E-state index contributed by atoms with van der Waals surface area (Å²) in [6.45, 7) is 14.2. The number of ether oxygens (including phenoxy) is 4. The lowest BCUT2D eigenvalue weighted by Crippen LogP contribution is -2.30. The SMILES string of the molecule is CCC(C)CCCCCCCCCCC(=O)OC[C@H](COP(=O)(O)OCC(O)COP(=O)(O)OC[C@@H](COC(=O)CCCCCCCCCCC(C)C)OC(=O)CCCCCCCCCCC(C)CC)OC(=O)CCCCCCCCCCCCCCCCCC(C)C. The molecule has 19 heteroatoms. The van der Waals surface area contributed by atoms with E-state index in [0.29, 0.717) is 25.7 Å². The van der Waals surface area contributed by atoms with Gasteiger partial charge in [0.15, 0.2) is 12.2 Å². The van der Waals surface area contributed by atoms with E-state index >= 15 is 0 Å². The predicted octanol–water partition coefficient (Wildman–Crippen LogP) is 21.3. The zero-order chi connectivity index (χ0) is 68.9. The molecule has 0 spiro atoms. The van der Waals surface area contributed by atoms with E-state index in [1.54, 1.807) is 0 Å². The van der Waals surface area contributed by atoms with Gasteiger partial charge in [0, 0.05) is 25.7 Å². The van der Waals surface area contributed by atoms with Gasteiger partial charge in [-0.2, -0.15) is 0 Å². The van der Waals surface area contributed by atoms with Crippen LogP contribution >= 0.6 is 15.6 Å². The largest absolute Gasteiger partial charge is 0.472 e. The third kappa shape index (κ3) is 65.8. The van der Waals surface area contributed by atoms with Crippen LogP contribution in [0.1, 0.15) is 370 Å². The lowest BCUT2D eigenvalue weighted by Gasteiger charge is -2.21. The lowest BCUT2D eigenvalue weighted by molar-refractivity contribution is -0.161. The molecule has 3 N–H and O–H groups in total. The van der Waals surface area contributed by atoms with Gasteiger partial charge in [0.25, 0.3) is 0 Å². The second-order valence-corrected chi connectivity index (χ2v) is 31.0. The zero-order valence-electron chi connectivity index (χ0n) is 60.9. The van der Waals surface area contributed by atoms with Gasteiger partial charge in [-0.15, -0.1) is 0 Å². The van der Waals surface area contributed by atoms with Gasteiger partial charge in [0.1, 0.15) is 19.3 Å². The van der Waals surface area contributed by atoms with Crippen LogP contribution in [0.4, 0.5) is 0 Å². The number of phosphoric ester groups is 2. The summed E-state index contributed by atoms with van der Waals surface area (Å²) in [4.78, 5) is 72.7. The molecule has 5 unspecified atom stereocenters. The minimum Gasteiger partial charge on any atom is -0.462 e. The molecule has 0 bridgehead atoms. The molecule has 93 heavy (non-hydrogen) atoms. The normalized spacial score (nSPS) is 14.8. The van der Waals surface area contributed by atoms with Crippen molar-refractivity contribution in [2.75, 3.05) is 39.6 Å². The second kappa shape index (κ2) is 63.5. The summed E-state index contributed by atoms with van der Waals surface area (Å²) in [5.41, 5.74) is 0. The fourth-order valence-corrected chi connectivity index (χ4v) is 12.7. The lowest BCUT2D eigenvalue weighted by atomic mass is 9.99. The molecule has 0 amide bonds. The maximum atomic E-state index is 13.1. The van der Waals surface area contributed by atoms with Crippen LogP contribution in [0.2, 0.25) is 0 Å². The molecular weight excluding hydrogens is 1220 g/mol. The first-order valence-electron chi connectivity index (χ1n) is 38.3. The molecule has 0 heterocycles. The Balaban J connectivity index is 5.25. The van der Waals surface area contributed by atoms with Crippen LogP contribution in [-0.4, -0.2) is 96.7 Å². The van der Waals surface area contributed by atoms with Crippen LogP contribution < -0.4 is 0 Å². The van der Waals surface area contributed by atoms with E-state index in [4.69, 9.17) is 37.0 Å². The van der Waals surface area contributed by atoms with Crippen LogP contribution in [0, 0.1) is 23.7 Å². The van der Waals surface area contributed by atoms with Gasteiger partial charge in [-0.3, -0.25) is 37.3 Å². The van der Waals surface area contributed by atoms with Crippen molar-refractivity contribution in [1.29, 1.82) is 0 Å². The molecule has 0 aliphatic carbocycles. The molecule has 0 aromatic heterocycles. The smallest absolute Gasteiger partial charge is 0.462 e. The average molecular weight is 1370 g/mol. The maximum Gasteiger partial charge on any atom is 0.472 e. The van der Waals surface area contributed by atoms with Crippen molar-refractivity contribution in [1.82, 2.24) is 0 Å². The highest BCUT2D eigenvalue weighted by Crippen LogP contribution is 2.45. The van der Waals surface area contributed by atoms with Crippen molar-refractivity contribution < 1.29 is 80.2 Å².